The van der Waals surface area contributed by atoms with Crippen molar-refractivity contribution in [3.05, 3.63) is 30.5 Å². The largest absolute Gasteiger partial charge is 0.508 e. The van der Waals surface area contributed by atoms with Crippen LogP contribution in [0.15, 0.2) is 30.5 Å². The van der Waals surface area contributed by atoms with Gasteiger partial charge < -0.3 is 5.11 Å². The van der Waals surface area contributed by atoms with E-state index in [9.17, 15) is 0 Å². The van der Waals surface area contributed by atoms with E-state index in [1.165, 1.54) is 4.09 Å². The summed E-state index contributed by atoms with van der Waals surface area (Å²) in [4.78, 5) is 0. The summed E-state index contributed by atoms with van der Waals surface area (Å²) >= 11 is 5.76. The number of halogens is 1. The van der Waals surface area contributed by atoms with Crippen molar-refractivity contribution >= 4 is 22.7 Å². The van der Waals surface area contributed by atoms with Gasteiger partial charge in [0.05, 0.1) is 5.52 Å². The van der Waals surface area contributed by atoms with Gasteiger partial charge in [0.2, 0.25) is 0 Å². The fraction of sp³-hybridized carbons (Fsp3) is 0. The zero-order chi connectivity index (χ0) is 7.84. The van der Waals surface area contributed by atoms with Crippen LogP contribution < -0.4 is 0 Å². The lowest BCUT2D eigenvalue weighted by Gasteiger charge is -1.93. The van der Waals surface area contributed by atoms with Gasteiger partial charge in [0.15, 0.2) is 0 Å². The average Bonchev–Trinajstić information content (AvgIpc) is 2.32. The normalized spacial score (nSPS) is 10.6. The Morgan fingerprint density at radius 2 is 2.09 bits per heavy atom. The van der Waals surface area contributed by atoms with Gasteiger partial charge in [0, 0.05) is 23.4 Å². The molecule has 0 spiro atoms. The van der Waals surface area contributed by atoms with Crippen LogP contribution in [0.2, 0.25) is 0 Å². The standard InChI is InChI=1S/C8H6ClNO/c9-10-4-3-6-5-7(11)1-2-8(6)10/h1-5,11H. The summed E-state index contributed by atoms with van der Waals surface area (Å²) in [6.07, 6.45) is 1.74. The molecule has 0 aliphatic carbocycles. The Kier molecular flexibility index (Phi) is 1.29. The smallest absolute Gasteiger partial charge is 0.116 e. The van der Waals surface area contributed by atoms with Gasteiger partial charge in [0.1, 0.15) is 5.75 Å². The summed E-state index contributed by atoms with van der Waals surface area (Å²) in [5, 5.41) is 10.0. The highest BCUT2D eigenvalue weighted by molar-refractivity contribution is 6.19. The van der Waals surface area contributed by atoms with Gasteiger partial charge in [-0.2, -0.15) is 0 Å². The summed E-state index contributed by atoms with van der Waals surface area (Å²) in [5.41, 5.74) is 0.907. The molecule has 0 fully saturated rings. The highest BCUT2D eigenvalue weighted by atomic mass is 35.5. The van der Waals surface area contributed by atoms with Gasteiger partial charge in [-0.1, -0.05) is 0 Å². The Hall–Kier alpha value is -1.15. The highest BCUT2D eigenvalue weighted by Crippen LogP contribution is 2.21. The molecule has 11 heavy (non-hydrogen) atoms. The Bertz CT molecular complexity index is 394. The fourth-order valence-corrected chi connectivity index (χ4v) is 1.31. The molecule has 0 radical (unpaired) electrons. The van der Waals surface area contributed by atoms with Crippen molar-refractivity contribution in [1.29, 1.82) is 0 Å². The SMILES string of the molecule is Oc1ccc2c(ccn2Cl)c1. The topological polar surface area (TPSA) is 25.2 Å². The van der Waals surface area contributed by atoms with E-state index in [1.807, 2.05) is 6.07 Å². The third-order valence-corrected chi connectivity index (χ3v) is 1.92. The maximum Gasteiger partial charge on any atom is 0.116 e. The van der Waals surface area contributed by atoms with Crippen LogP contribution in [0, 0.1) is 0 Å². The number of aromatic hydroxyl groups is 1. The first-order valence-corrected chi connectivity index (χ1v) is 3.57. The number of phenols is 1. The van der Waals surface area contributed by atoms with Crippen molar-refractivity contribution in [3.8, 4) is 5.75 Å². The van der Waals surface area contributed by atoms with Gasteiger partial charge in [-0.25, -0.2) is 0 Å². The third kappa shape index (κ3) is 0.955. The van der Waals surface area contributed by atoms with Crippen LogP contribution in [0.1, 0.15) is 0 Å². The molecule has 0 saturated heterocycles. The van der Waals surface area contributed by atoms with Gasteiger partial charge in [-0.3, -0.25) is 4.09 Å². The second-order valence-electron chi connectivity index (χ2n) is 2.37. The molecule has 1 aromatic heterocycles. The number of nitrogens with zero attached hydrogens (tertiary/aromatic N) is 1. The summed E-state index contributed by atoms with van der Waals surface area (Å²) in [6, 6.07) is 6.91. The Morgan fingerprint density at radius 3 is 2.91 bits per heavy atom. The number of phenolic OH excluding ortho intramolecular Hbond substituents is 1. The minimum absolute atomic E-state index is 0.264. The van der Waals surface area contributed by atoms with Crippen LogP contribution in [0.4, 0.5) is 0 Å². The van der Waals surface area contributed by atoms with Crippen molar-refractivity contribution < 1.29 is 5.11 Å². The molecule has 2 nitrogen and oxygen atoms in total. The molecule has 0 aliphatic rings. The Balaban J connectivity index is 2.86. The van der Waals surface area contributed by atoms with Crippen LogP contribution in [-0.4, -0.2) is 9.19 Å². The first kappa shape index (κ1) is 6.55. The molecular formula is C8H6ClNO. The maximum atomic E-state index is 9.09. The van der Waals surface area contributed by atoms with Crippen molar-refractivity contribution in [1.82, 2.24) is 4.09 Å². The Labute approximate surface area is 68.7 Å². The van der Waals surface area contributed by atoms with E-state index in [0.717, 1.165) is 10.9 Å². The van der Waals surface area contributed by atoms with Gasteiger partial charge in [0.25, 0.3) is 0 Å². The summed E-state index contributed by atoms with van der Waals surface area (Å²) in [7, 11) is 0. The zero-order valence-corrected chi connectivity index (χ0v) is 6.42. The van der Waals surface area contributed by atoms with Crippen molar-refractivity contribution in [2.75, 3.05) is 0 Å². The lowest BCUT2D eigenvalue weighted by molar-refractivity contribution is 0.476. The average molecular weight is 168 g/mol. The van der Waals surface area contributed by atoms with Gasteiger partial charge in [-0.15, -0.1) is 0 Å². The summed E-state index contributed by atoms with van der Waals surface area (Å²) in [6.45, 7) is 0. The quantitative estimate of drug-likeness (QED) is 0.640. The van der Waals surface area contributed by atoms with E-state index in [0.29, 0.717) is 0 Å². The molecule has 0 unspecified atom stereocenters. The number of hydrogen-bond donors (Lipinski definition) is 1. The van der Waals surface area contributed by atoms with Crippen LogP contribution >= 0.6 is 11.8 Å². The minimum Gasteiger partial charge on any atom is -0.508 e. The van der Waals surface area contributed by atoms with Crippen molar-refractivity contribution in [2.45, 2.75) is 0 Å². The molecule has 1 N–H and O–H groups in total. The number of benzene rings is 1. The van der Waals surface area contributed by atoms with Gasteiger partial charge in [-0.05, 0) is 24.3 Å². The number of hydrogen-bond acceptors (Lipinski definition) is 1. The molecule has 56 valence electrons. The summed E-state index contributed by atoms with van der Waals surface area (Å²) < 4.78 is 1.49. The molecule has 2 rings (SSSR count). The van der Waals surface area contributed by atoms with Crippen LogP contribution in [-0.2, 0) is 0 Å². The van der Waals surface area contributed by atoms with E-state index >= 15 is 0 Å². The van der Waals surface area contributed by atoms with E-state index in [4.69, 9.17) is 16.9 Å². The molecule has 0 amide bonds. The molecule has 1 heterocycles. The van der Waals surface area contributed by atoms with Crippen molar-refractivity contribution in [2.24, 2.45) is 0 Å². The maximum absolute atomic E-state index is 9.09. The second-order valence-corrected chi connectivity index (χ2v) is 2.73. The minimum atomic E-state index is 0.264. The molecular weight excluding hydrogens is 162 g/mol. The Morgan fingerprint density at radius 1 is 1.27 bits per heavy atom. The lowest BCUT2D eigenvalue weighted by atomic mass is 10.2. The van der Waals surface area contributed by atoms with E-state index < -0.39 is 0 Å². The number of rotatable bonds is 0. The molecule has 3 heteroatoms. The second kappa shape index (κ2) is 2.17. The number of fused-ring (bicyclic) bond motifs is 1. The fourth-order valence-electron chi connectivity index (χ4n) is 1.10. The molecule has 2 aromatic rings. The number of aromatic nitrogens is 1. The van der Waals surface area contributed by atoms with E-state index in [2.05, 4.69) is 0 Å². The summed E-state index contributed by atoms with van der Waals surface area (Å²) in [5.74, 6) is 0.264. The molecule has 0 saturated carbocycles. The monoisotopic (exact) mass is 167 g/mol. The third-order valence-electron chi connectivity index (χ3n) is 1.63. The molecule has 0 aliphatic heterocycles. The molecule has 0 bridgehead atoms. The van der Waals surface area contributed by atoms with Crippen molar-refractivity contribution in [3.63, 3.8) is 0 Å². The molecule has 0 atom stereocenters. The van der Waals surface area contributed by atoms with Gasteiger partial charge >= 0.3 is 0 Å². The first-order valence-electron chi connectivity index (χ1n) is 3.23. The zero-order valence-electron chi connectivity index (χ0n) is 5.66. The van der Waals surface area contributed by atoms with Crippen LogP contribution in [0.25, 0.3) is 10.9 Å². The van der Waals surface area contributed by atoms with Crippen LogP contribution in [0.3, 0.4) is 0 Å². The lowest BCUT2D eigenvalue weighted by Crippen LogP contribution is -1.74. The van der Waals surface area contributed by atoms with E-state index in [-0.39, 0.29) is 5.75 Å². The predicted molar refractivity (Wildman–Crippen MR) is 44.9 cm³/mol. The first-order chi connectivity index (χ1) is 5.27. The van der Waals surface area contributed by atoms with E-state index in [1.54, 1.807) is 24.4 Å². The highest BCUT2D eigenvalue weighted by Gasteiger charge is 1.98. The predicted octanol–water partition coefficient (Wildman–Crippen LogP) is 2.35. The molecule has 1 aromatic carbocycles. The van der Waals surface area contributed by atoms with Crippen LogP contribution in [0.5, 0.6) is 5.75 Å².